The van der Waals surface area contributed by atoms with Crippen LogP contribution in [0.2, 0.25) is 0 Å². The van der Waals surface area contributed by atoms with Gasteiger partial charge in [-0.3, -0.25) is 4.79 Å². The first kappa shape index (κ1) is 14.6. The summed E-state index contributed by atoms with van der Waals surface area (Å²) in [4.78, 5) is 11.7. The monoisotopic (exact) mass is 380 g/mol. The minimum atomic E-state index is -0.657. The quantitative estimate of drug-likeness (QED) is 0.623. The number of benzene rings is 1. The molecule has 1 unspecified atom stereocenters. The molecule has 19 heavy (non-hydrogen) atoms. The number of anilines is 1. The van der Waals surface area contributed by atoms with Gasteiger partial charge in [0.2, 0.25) is 5.91 Å². The van der Waals surface area contributed by atoms with Crippen LogP contribution in [0.3, 0.4) is 0 Å². The third kappa shape index (κ3) is 4.10. The molecule has 1 saturated heterocycles. The minimum absolute atomic E-state index is 0.0624. The number of rotatable bonds is 4. The van der Waals surface area contributed by atoms with Crippen molar-refractivity contribution in [3.63, 3.8) is 0 Å². The molecule has 0 aromatic heterocycles. The van der Waals surface area contributed by atoms with Crippen LogP contribution in [0.5, 0.6) is 0 Å². The molecule has 1 atom stereocenters. The van der Waals surface area contributed by atoms with Gasteiger partial charge in [-0.1, -0.05) is 0 Å². The molecule has 1 fully saturated rings. The van der Waals surface area contributed by atoms with E-state index in [0.29, 0.717) is 12.3 Å². The number of nitrogens with one attached hydrogen (secondary N) is 2. The second-order valence-corrected chi connectivity index (χ2v) is 5.78. The summed E-state index contributed by atoms with van der Waals surface area (Å²) < 4.78 is 26.6. The summed E-state index contributed by atoms with van der Waals surface area (Å²) >= 11 is 1.59. The van der Waals surface area contributed by atoms with E-state index in [2.05, 4.69) is 10.6 Å². The molecule has 1 amide bonds. The highest BCUT2D eigenvalue weighted by Crippen LogP contribution is 2.21. The molecule has 0 saturated carbocycles. The minimum Gasteiger partial charge on any atom is -0.326 e. The van der Waals surface area contributed by atoms with Gasteiger partial charge in [-0.2, -0.15) is 0 Å². The lowest BCUT2D eigenvalue weighted by Gasteiger charge is -2.09. The van der Waals surface area contributed by atoms with Crippen molar-refractivity contribution in [3.8, 4) is 0 Å². The summed E-state index contributed by atoms with van der Waals surface area (Å²) in [7, 11) is 0. The van der Waals surface area contributed by atoms with Crippen molar-refractivity contribution in [2.75, 3.05) is 18.4 Å². The zero-order valence-corrected chi connectivity index (χ0v) is 12.5. The van der Waals surface area contributed by atoms with E-state index in [0.717, 1.165) is 38.1 Å². The Bertz CT molecular complexity index is 453. The third-order valence-corrected chi connectivity index (χ3v) is 4.24. The molecule has 0 aliphatic carbocycles. The third-order valence-electron chi connectivity index (χ3n) is 3.21. The Labute approximate surface area is 124 Å². The number of carbonyl (C=O) groups excluding carboxylic acids is 1. The molecule has 3 nitrogen and oxygen atoms in total. The fraction of sp³-hybridized carbons (Fsp3) is 0.462. The van der Waals surface area contributed by atoms with Crippen molar-refractivity contribution in [2.24, 2.45) is 5.92 Å². The van der Waals surface area contributed by atoms with E-state index in [4.69, 9.17) is 0 Å². The molecule has 1 aromatic carbocycles. The van der Waals surface area contributed by atoms with Crippen LogP contribution in [0.4, 0.5) is 14.5 Å². The first-order chi connectivity index (χ1) is 9.06. The van der Waals surface area contributed by atoms with Crippen LogP contribution in [-0.2, 0) is 4.79 Å². The van der Waals surface area contributed by atoms with Gasteiger partial charge in [-0.15, -0.1) is 0 Å². The maximum Gasteiger partial charge on any atom is 0.224 e. The Morgan fingerprint density at radius 1 is 1.42 bits per heavy atom. The van der Waals surface area contributed by atoms with Crippen LogP contribution in [0.25, 0.3) is 0 Å². The van der Waals surface area contributed by atoms with E-state index in [1.807, 2.05) is 0 Å². The van der Waals surface area contributed by atoms with E-state index in [1.165, 1.54) is 0 Å². The lowest BCUT2D eigenvalue weighted by Crippen LogP contribution is -2.15. The standard InChI is InChI=1S/C13H15F2IN2O/c14-10-5-9(6-11(15)13(10)16)18-12(19)2-1-8-3-4-17-7-8/h5-6,8,17H,1-4,7H2,(H,18,19). The Morgan fingerprint density at radius 3 is 2.68 bits per heavy atom. The van der Waals surface area contributed by atoms with Crippen LogP contribution in [-0.4, -0.2) is 19.0 Å². The Hall–Kier alpha value is -0.760. The average Bonchev–Trinajstić information content (AvgIpc) is 2.86. The number of halogens is 3. The molecule has 1 heterocycles. The molecular formula is C13H15F2IN2O. The molecule has 104 valence electrons. The summed E-state index contributed by atoms with van der Waals surface area (Å²) in [6, 6.07) is 2.28. The molecule has 1 aromatic rings. The summed E-state index contributed by atoms with van der Waals surface area (Å²) in [6.45, 7) is 1.94. The molecule has 1 aliphatic rings. The van der Waals surface area contributed by atoms with Crippen molar-refractivity contribution in [2.45, 2.75) is 19.3 Å². The van der Waals surface area contributed by atoms with Gasteiger partial charge in [0.15, 0.2) is 0 Å². The van der Waals surface area contributed by atoms with Gasteiger partial charge in [0, 0.05) is 12.1 Å². The van der Waals surface area contributed by atoms with Gasteiger partial charge in [-0.25, -0.2) is 8.78 Å². The molecule has 0 spiro atoms. The number of hydrogen-bond acceptors (Lipinski definition) is 2. The van der Waals surface area contributed by atoms with Crippen LogP contribution in [0.1, 0.15) is 19.3 Å². The normalized spacial score (nSPS) is 18.6. The van der Waals surface area contributed by atoms with E-state index in [9.17, 15) is 13.6 Å². The highest BCUT2D eigenvalue weighted by atomic mass is 127. The number of carbonyl (C=O) groups is 1. The SMILES string of the molecule is O=C(CCC1CCNC1)Nc1cc(F)c(I)c(F)c1. The molecule has 6 heteroatoms. The average molecular weight is 380 g/mol. The first-order valence-electron chi connectivity index (χ1n) is 6.21. The number of hydrogen-bond donors (Lipinski definition) is 2. The predicted molar refractivity (Wildman–Crippen MR) is 77.9 cm³/mol. The van der Waals surface area contributed by atoms with Crippen molar-refractivity contribution in [1.82, 2.24) is 5.32 Å². The van der Waals surface area contributed by atoms with Crippen molar-refractivity contribution in [3.05, 3.63) is 27.3 Å². The van der Waals surface area contributed by atoms with E-state index in [1.54, 1.807) is 22.6 Å². The van der Waals surface area contributed by atoms with Gasteiger partial charge in [0.25, 0.3) is 0 Å². The molecular weight excluding hydrogens is 365 g/mol. The Kier molecular flexibility index (Phi) is 5.09. The molecule has 0 bridgehead atoms. The zero-order chi connectivity index (χ0) is 13.8. The fourth-order valence-corrected chi connectivity index (χ4v) is 2.46. The fourth-order valence-electron chi connectivity index (χ4n) is 2.15. The lowest BCUT2D eigenvalue weighted by molar-refractivity contribution is -0.116. The van der Waals surface area contributed by atoms with E-state index >= 15 is 0 Å². The van der Waals surface area contributed by atoms with Gasteiger partial charge < -0.3 is 10.6 Å². The van der Waals surface area contributed by atoms with Gasteiger partial charge in [0.05, 0.1) is 3.57 Å². The van der Waals surface area contributed by atoms with Crippen molar-refractivity contribution >= 4 is 34.2 Å². The Morgan fingerprint density at radius 2 is 2.11 bits per heavy atom. The first-order valence-corrected chi connectivity index (χ1v) is 7.29. The summed E-state index contributed by atoms with van der Waals surface area (Å²) in [6.07, 6.45) is 2.26. The molecule has 0 radical (unpaired) electrons. The van der Waals surface area contributed by atoms with Gasteiger partial charge in [-0.05, 0) is 66.6 Å². The maximum atomic E-state index is 13.3. The lowest BCUT2D eigenvalue weighted by atomic mass is 10.0. The highest BCUT2D eigenvalue weighted by Gasteiger charge is 2.16. The predicted octanol–water partition coefficient (Wildman–Crippen LogP) is 2.90. The summed E-state index contributed by atoms with van der Waals surface area (Å²) in [5.74, 6) is -0.991. The zero-order valence-electron chi connectivity index (χ0n) is 10.3. The molecule has 2 rings (SSSR count). The van der Waals surface area contributed by atoms with E-state index in [-0.39, 0.29) is 15.2 Å². The van der Waals surface area contributed by atoms with Crippen molar-refractivity contribution in [1.29, 1.82) is 0 Å². The van der Waals surface area contributed by atoms with Crippen LogP contribution in [0.15, 0.2) is 12.1 Å². The molecule has 1 aliphatic heterocycles. The molecule has 2 N–H and O–H groups in total. The topological polar surface area (TPSA) is 41.1 Å². The summed E-state index contributed by atoms with van der Waals surface area (Å²) in [5.41, 5.74) is 0.171. The summed E-state index contributed by atoms with van der Waals surface area (Å²) in [5, 5.41) is 5.77. The van der Waals surface area contributed by atoms with Gasteiger partial charge in [0.1, 0.15) is 11.6 Å². The Balaban J connectivity index is 1.87. The second kappa shape index (κ2) is 6.60. The number of amides is 1. The van der Waals surface area contributed by atoms with Crippen LogP contribution in [0, 0.1) is 21.1 Å². The van der Waals surface area contributed by atoms with Gasteiger partial charge >= 0.3 is 0 Å². The maximum absolute atomic E-state index is 13.3. The van der Waals surface area contributed by atoms with E-state index < -0.39 is 11.6 Å². The largest absolute Gasteiger partial charge is 0.326 e. The van der Waals surface area contributed by atoms with Crippen LogP contribution >= 0.6 is 22.6 Å². The van der Waals surface area contributed by atoms with Crippen LogP contribution < -0.4 is 10.6 Å². The smallest absolute Gasteiger partial charge is 0.224 e. The van der Waals surface area contributed by atoms with Crippen molar-refractivity contribution < 1.29 is 13.6 Å². The second-order valence-electron chi connectivity index (χ2n) is 4.70. The highest BCUT2D eigenvalue weighted by molar-refractivity contribution is 14.1.